The van der Waals surface area contributed by atoms with Crippen molar-refractivity contribution in [1.82, 2.24) is 14.9 Å². The molecule has 0 radical (unpaired) electrons. The molecule has 1 heterocycles. The lowest BCUT2D eigenvalue weighted by atomic mass is 10.0. The predicted octanol–water partition coefficient (Wildman–Crippen LogP) is 3.88. The standard InChI is InChI=1S/C16H21Cl2N3/c1-3-19-14(6-7-16-20-8-9-21(16)2)10-12-4-5-13(17)11-15(12)18/h4-5,8-9,11,14,19H,3,6-7,10H2,1-2H3. The number of nitrogens with one attached hydrogen (secondary N) is 1. The topological polar surface area (TPSA) is 29.9 Å². The Kier molecular flexibility index (Phi) is 6.09. The molecule has 1 aromatic heterocycles. The van der Waals surface area contributed by atoms with Gasteiger partial charge >= 0.3 is 0 Å². The van der Waals surface area contributed by atoms with E-state index in [2.05, 4.69) is 21.8 Å². The van der Waals surface area contributed by atoms with Crippen molar-refractivity contribution in [2.24, 2.45) is 7.05 Å². The minimum atomic E-state index is 0.380. The monoisotopic (exact) mass is 325 g/mol. The molecule has 1 aromatic carbocycles. The number of halogens is 2. The lowest BCUT2D eigenvalue weighted by molar-refractivity contribution is 0.483. The van der Waals surface area contributed by atoms with E-state index in [4.69, 9.17) is 23.2 Å². The number of imidazole rings is 1. The van der Waals surface area contributed by atoms with Crippen molar-refractivity contribution in [3.63, 3.8) is 0 Å². The third-order valence-electron chi connectivity index (χ3n) is 3.61. The number of likely N-dealkylation sites (N-methyl/N-ethyl adjacent to an activating group) is 1. The van der Waals surface area contributed by atoms with Gasteiger partial charge in [-0.3, -0.25) is 0 Å². The molecule has 0 fully saturated rings. The molecule has 1 unspecified atom stereocenters. The predicted molar refractivity (Wildman–Crippen MR) is 89.2 cm³/mol. The highest BCUT2D eigenvalue weighted by molar-refractivity contribution is 6.35. The highest BCUT2D eigenvalue weighted by Crippen LogP contribution is 2.23. The second-order valence-electron chi connectivity index (χ2n) is 5.19. The average molecular weight is 326 g/mol. The first kappa shape index (κ1) is 16.3. The molecule has 21 heavy (non-hydrogen) atoms. The van der Waals surface area contributed by atoms with Crippen LogP contribution in [0.25, 0.3) is 0 Å². The maximum atomic E-state index is 6.27. The molecule has 0 spiro atoms. The van der Waals surface area contributed by atoms with Crippen LogP contribution in [0.5, 0.6) is 0 Å². The maximum Gasteiger partial charge on any atom is 0.108 e. The summed E-state index contributed by atoms with van der Waals surface area (Å²) in [6.07, 6.45) is 6.69. The van der Waals surface area contributed by atoms with Crippen molar-refractivity contribution in [3.8, 4) is 0 Å². The molecule has 0 bridgehead atoms. The summed E-state index contributed by atoms with van der Waals surface area (Å²) in [5.41, 5.74) is 1.13. The van der Waals surface area contributed by atoms with Crippen LogP contribution in [0.4, 0.5) is 0 Å². The highest BCUT2D eigenvalue weighted by atomic mass is 35.5. The van der Waals surface area contributed by atoms with Gasteiger partial charge in [-0.15, -0.1) is 0 Å². The van der Waals surface area contributed by atoms with Gasteiger partial charge in [-0.05, 0) is 37.1 Å². The van der Waals surface area contributed by atoms with Crippen molar-refractivity contribution in [2.45, 2.75) is 32.2 Å². The number of hydrogen-bond acceptors (Lipinski definition) is 2. The van der Waals surface area contributed by atoms with E-state index in [1.165, 1.54) is 0 Å². The second-order valence-corrected chi connectivity index (χ2v) is 6.03. The summed E-state index contributed by atoms with van der Waals surface area (Å²) in [5, 5.41) is 4.94. The molecule has 0 aliphatic rings. The van der Waals surface area contributed by atoms with E-state index >= 15 is 0 Å². The van der Waals surface area contributed by atoms with Gasteiger partial charge in [-0.25, -0.2) is 4.98 Å². The van der Waals surface area contributed by atoms with Crippen LogP contribution in [-0.2, 0) is 19.9 Å². The number of nitrogens with zero attached hydrogens (tertiary/aromatic N) is 2. The zero-order valence-electron chi connectivity index (χ0n) is 12.4. The first-order valence-corrected chi connectivity index (χ1v) is 7.99. The van der Waals surface area contributed by atoms with Crippen molar-refractivity contribution in [2.75, 3.05) is 6.54 Å². The molecule has 114 valence electrons. The van der Waals surface area contributed by atoms with Gasteiger partial charge in [-0.1, -0.05) is 36.2 Å². The van der Waals surface area contributed by atoms with Crippen LogP contribution in [0.2, 0.25) is 10.0 Å². The van der Waals surface area contributed by atoms with Gasteiger partial charge in [-0.2, -0.15) is 0 Å². The Morgan fingerprint density at radius 2 is 2.14 bits per heavy atom. The van der Waals surface area contributed by atoms with Crippen LogP contribution in [0.3, 0.4) is 0 Å². The van der Waals surface area contributed by atoms with E-state index in [1.807, 2.05) is 31.6 Å². The van der Waals surface area contributed by atoms with Gasteiger partial charge in [0.05, 0.1) is 0 Å². The van der Waals surface area contributed by atoms with Gasteiger partial charge in [0.1, 0.15) is 5.82 Å². The fourth-order valence-corrected chi connectivity index (χ4v) is 2.94. The molecule has 2 rings (SSSR count). The largest absolute Gasteiger partial charge is 0.338 e. The van der Waals surface area contributed by atoms with Crippen LogP contribution < -0.4 is 5.32 Å². The van der Waals surface area contributed by atoms with Crippen molar-refractivity contribution in [3.05, 3.63) is 52.0 Å². The molecular weight excluding hydrogens is 305 g/mol. The molecule has 0 aliphatic carbocycles. The van der Waals surface area contributed by atoms with Crippen molar-refractivity contribution < 1.29 is 0 Å². The van der Waals surface area contributed by atoms with Crippen LogP contribution in [0.1, 0.15) is 24.7 Å². The minimum Gasteiger partial charge on any atom is -0.338 e. The summed E-state index contributed by atoms with van der Waals surface area (Å²) in [4.78, 5) is 4.38. The second kappa shape index (κ2) is 7.83. The number of hydrogen-bond donors (Lipinski definition) is 1. The van der Waals surface area contributed by atoms with E-state index in [0.717, 1.165) is 42.2 Å². The van der Waals surface area contributed by atoms with E-state index in [0.29, 0.717) is 11.1 Å². The van der Waals surface area contributed by atoms with Gasteiger partial charge in [0.25, 0.3) is 0 Å². The third kappa shape index (κ3) is 4.73. The molecule has 5 heteroatoms. The summed E-state index contributed by atoms with van der Waals surface area (Å²) in [6.45, 7) is 3.06. The Morgan fingerprint density at radius 1 is 1.33 bits per heavy atom. The van der Waals surface area contributed by atoms with Crippen LogP contribution >= 0.6 is 23.2 Å². The SMILES string of the molecule is CCNC(CCc1nccn1C)Cc1ccc(Cl)cc1Cl. The highest BCUT2D eigenvalue weighted by Gasteiger charge is 2.12. The summed E-state index contributed by atoms with van der Waals surface area (Å²) in [5.74, 6) is 1.11. The molecule has 1 atom stereocenters. The molecular formula is C16H21Cl2N3. The van der Waals surface area contributed by atoms with E-state index < -0.39 is 0 Å². The van der Waals surface area contributed by atoms with Gasteiger partial charge in [0, 0.05) is 41.9 Å². The maximum absolute atomic E-state index is 6.27. The molecule has 0 saturated heterocycles. The zero-order valence-corrected chi connectivity index (χ0v) is 14.0. The number of rotatable bonds is 7. The zero-order chi connectivity index (χ0) is 15.2. The molecule has 0 amide bonds. The Labute approximate surface area is 136 Å². The van der Waals surface area contributed by atoms with Gasteiger partial charge < -0.3 is 9.88 Å². The van der Waals surface area contributed by atoms with E-state index in [9.17, 15) is 0 Å². The van der Waals surface area contributed by atoms with E-state index in [1.54, 1.807) is 6.07 Å². The Hall–Kier alpha value is -1.03. The summed E-state index contributed by atoms with van der Waals surface area (Å²) in [7, 11) is 2.03. The Bertz CT molecular complexity index is 581. The average Bonchev–Trinajstić information content (AvgIpc) is 2.85. The van der Waals surface area contributed by atoms with Gasteiger partial charge in [0.15, 0.2) is 0 Å². The first-order chi connectivity index (χ1) is 10.1. The summed E-state index contributed by atoms with van der Waals surface area (Å²) >= 11 is 12.2. The van der Waals surface area contributed by atoms with Crippen LogP contribution in [0.15, 0.2) is 30.6 Å². The minimum absolute atomic E-state index is 0.380. The van der Waals surface area contributed by atoms with Gasteiger partial charge in [0.2, 0.25) is 0 Å². The van der Waals surface area contributed by atoms with Crippen molar-refractivity contribution >= 4 is 23.2 Å². The quantitative estimate of drug-likeness (QED) is 0.837. The molecule has 2 aromatic rings. The molecule has 3 nitrogen and oxygen atoms in total. The van der Waals surface area contributed by atoms with E-state index in [-0.39, 0.29) is 0 Å². The lowest BCUT2D eigenvalue weighted by Gasteiger charge is -2.18. The Balaban J connectivity index is 1.99. The fraction of sp³-hybridized carbons (Fsp3) is 0.438. The molecule has 1 N–H and O–H groups in total. The number of benzene rings is 1. The number of aryl methyl sites for hydroxylation is 2. The normalized spacial score (nSPS) is 12.6. The summed E-state index contributed by atoms with van der Waals surface area (Å²) < 4.78 is 2.07. The van der Waals surface area contributed by atoms with Crippen LogP contribution in [0, 0.1) is 0 Å². The van der Waals surface area contributed by atoms with Crippen LogP contribution in [-0.4, -0.2) is 22.1 Å². The van der Waals surface area contributed by atoms with Crippen molar-refractivity contribution in [1.29, 1.82) is 0 Å². The third-order valence-corrected chi connectivity index (χ3v) is 4.20. The Morgan fingerprint density at radius 3 is 2.76 bits per heavy atom. The first-order valence-electron chi connectivity index (χ1n) is 7.23. The molecule has 0 aliphatic heterocycles. The molecule has 0 saturated carbocycles. The fourth-order valence-electron chi connectivity index (χ4n) is 2.46. The lowest BCUT2D eigenvalue weighted by Crippen LogP contribution is -2.31. The summed E-state index contributed by atoms with van der Waals surface area (Å²) in [6, 6.07) is 6.09. The smallest absolute Gasteiger partial charge is 0.108 e. The number of aromatic nitrogens is 2.